The third kappa shape index (κ3) is 2.49. The Balaban J connectivity index is 1.82. The van der Waals surface area contributed by atoms with Crippen LogP contribution in [-0.4, -0.2) is 25.7 Å². The van der Waals surface area contributed by atoms with Crippen molar-refractivity contribution in [1.82, 2.24) is 19.7 Å². The fourth-order valence-corrected chi connectivity index (χ4v) is 2.87. The van der Waals surface area contributed by atoms with E-state index in [-0.39, 0.29) is 33.7 Å². The van der Waals surface area contributed by atoms with Gasteiger partial charge in [-0.1, -0.05) is 17.5 Å². The molecule has 3 aromatic rings. The maximum Gasteiger partial charge on any atom is 0.255 e. The molecule has 0 spiro atoms. The quantitative estimate of drug-likeness (QED) is 0.607. The molecule has 1 aromatic carbocycles. The van der Waals surface area contributed by atoms with E-state index in [2.05, 4.69) is 27.0 Å². The molecule has 126 valence electrons. The summed E-state index contributed by atoms with van der Waals surface area (Å²) in [4.78, 5) is 15.6. The molecule has 0 aliphatic heterocycles. The summed E-state index contributed by atoms with van der Waals surface area (Å²) in [5, 5.41) is 6.11. The molecule has 2 aromatic heterocycles. The van der Waals surface area contributed by atoms with Crippen LogP contribution in [0.1, 0.15) is 40.5 Å². The van der Waals surface area contributed by atoms with E-state index < -0.39 is 11.7 Å². The molecule has 5 N–H and O–H groups in total. The van der Waals surface area contributed by atoms with E-state index in [0.717, 1.165) is 12.8 Å². The van der Waals surface area contributed by atoms with Crippen molar-refractivity contribution in [2.75, 3.05) is 5.73 Å². The number of carbonyl (C=O) groups is 1. The maximum atomic E-state index is 14.7. The number of aromatic nitrogens is 4. The lowest BCUT2D eigenvalue weighted by Gasteiger charge is -2.04. The number of hydrogen-bond acceptors (Lipinski definition) is 4. The average molecular weight is 359 g/mol. The molecule has 1 aliphatic rings. The average Bonchev–Trinajstić information content (AvgIpc) is 3.22. The van der Waals surface area contributed by atoms with Gasteiger partial charge in [-0.15, -0.1) is 0 Å². The van der Waals surface area contributed by atoms with Gasteiger partial charge in [0.25, 0.3) is 5.91 Å². The van der Waals surface area contributed by atoms with Crippen molar-refractivity contribution in [1.29, 1.82) is 0 Å². The number of benzene rings is 1. The molecule has 4 rings (SSSR count). The first-order chi connectivity index (χ1) is 12.0. The number of nitrogen functional groups attached to an aromatic ring is 1. The third-order valence-corrected chi connectivity index (χ3v) is 4.41. The second-order valence-corrected chi connectivity index (χ2v) is 6.15. The van der Waals surface area contributed by atoms with Gasteiger partial charge in [-0.25, -0.2) is 9.37 Å². The van der Waals surface area contributed by atoms with E-state index in [0.29, 0.717) is 11.0 Å². The number of nitrogens with two attached hydrogens (primary N) is 2. The Kier molecular flexibility index (Phi) is 3.40. The zero-order chi connectivity index (χ0) is 17.7. The van der Waals surface area contributed by atoms with E-state index in [1.165, 1.54) is 0 Å². The van der Waals surface area contributed by atoms with E-state index in [9.17, 15) is 9.18 Å². The first-order valence-corrected chi connectivity index (χ1v) is 7.85. The SMILES string of the molecule is NC(=O)c1c(N)n[nH]c1C#Cc1cc2ncn(C3CC3)c2c(F)c1Cl. The largest absolute Gasteiger partial charge is 0.382 e. The summed E-state index contributed by atoms with van der Waals surface area (Å²) in [6.07, 6.45) is 3.61. The van der Waals surface area contributed by atoms with E-state index in [4.69, 9.17) is 23.1 Å². The van der Waals surface area contributed by atoms with Crippen molar-refractivity contribution in [2.24, 2.45) is 5.73 Å². The van der Waals surface area contributed by atoms with E-state index >= 15 is 0 Å². The number of amides is 1. The predicted octanol–water partition coefficient (Wildman–Crippen LogP) is 1.97. The Bertz CT molecular complexity index is 1090. The van der Waals surface area contributed by atoms with Gasteiger partial charge in [-0.3, -0.25) is 9.89 Å². The summed E-state index contributed by atoms with van der Waals surface area (Å²) in [5.41, 5.74) is 12.0. The number of imidazole rings is 1. The molecule has 7 nitrogen and oxygen atoms in total. The van der Waals surface area contributed by atoms with Crippen LogP contribution < -0.4 is 11.5 Å². The van der Waals surface area contributed by atoms with Crippen LogP contribution in [0.5, 0.6) is 0 Å². The summed E-state index contributed by atoms with van der Waals surface area (Å²) in [7, 11) is 0. The number of nitrogens with zero attached hydrogens (tertiary/aromatic N) is 3. The Morgan fingerprint density at radius 2 is 2.20 bits per heavy atom. The van der Waals surface area contributed by atoms with Crippen molar-refractivity contribution < 1.29 is 9.18 Å². The van der Waals surface area contributed by atoms with Crippen LogP contribution in [0, 0.1) is 17.7 Å². The molecule has 0 radical (unpaired) electrons. The number of nitrogens with one attached hydrogen (secondary N) is 1. The van der Waals surface area contributed by atoms with Crippen molar-refractivity contribution in [3.63, 3.8) is 0 Å². The van der Waals surface area contributed by atoms with Crippen LogP contribution in [0.2, 0.25) is 5.02 Å². The first-order valence-electron chi connectivity index (χ1n) is 7.47. The maximum absolute atomic E-state index is 14.7. The minimum atomic E-state index is -0.758. The lowest BCUT2D eigenvalue weighted by Crippen LogP contribution is -2.13. The smallest absolute Gasteiger partial charge is 0.255 e. The number of halogens is 2. The topological polar surface area (TPSA) is 116 Å². The highest BCUT2D eigenvalue weighted by atomic mass is 35.5. The fraction of sp³-hybridized carbons (Fsp3) is 0.188. The Morgan fingerprint density at radius 1 is 1.44 bits per heavy atom. The highest BCUT2D eigenvalue weighted by Crippen LogP contribution is 2.39. The number of aromatic amines is 1. The molecule has 0 unspecified atom stereocenters. The highest BCUT2D eigenvalue weighted by Gasteiger charge is 2.27. The normalized spacial score (nSPS) is 13.7. The molecule has 0 bridgehead atoms. The van der Waals surface area contributed by atoms with Gasteiger partial charge in [-0.05, 0) is 24.8 Å². The number of primary amides is 1. The van der Waals surface area contributed by atoms with Gasteiger partial charge in [-0.2, -0.15) is 5.10 Å². The number of H-pyrrole nitrogens is 1. The van der Waals surface area contributed by atoms with Gasteiger partial charge < -0.3 is 16.0 Å². The monoisotopic (exact) mass is 358 g/mol. The van der Waals surface area contributed by atoms with Crippen molar-refractivity contribution >= 4 is 34.4 Å². The van der Waals surface area contributed by atoms with Crippen LogP contribution in [-0.2, 0) is 0 Å². The van der Waals surface area contributed by atoms with E-state index in [1.807, 2.05) is 0 Å². The zero-order valence-electron chi connectivity index (χ0n) is 12.8. The predicted molar refractivity (Wildman–Crippen MR) is 90.5 cm³/mol. The summed E-state index contributed by atoms with van der Waals surface area (Å²) < 4.78 is 16.5. The Hall–Kier alpha value is -3.05. The second kappa shape index (κ2) is 5.50. The van der Waals surface area contributed by atoms with Crippen LogP contribution in [0.25, 0.3) is 11.0 Å². The Labute approximate surface area is 146 Å². The number of rotatable bonds is 2. The molecule has 9 heteroatoms. The highest BCUT2D eigenvalue weighted by molar-refractivity contribution is 6.32. The lowest BCUT2D eigenvalue weighted by atomic mass is 10.1. The van der Waals surface area contributed by atoms with Crippen molar-refractivity contribution in [3.8, 4) is 11.8 Å². The molecule has 1 amide bonds. The van der Waals surface area contributed by atoms with E-state index in [1.54, 1.807) is 17.0 Å². The molecule has 1 aliphatic carbocycles. The van der Waals surface area contributed by atoms with Gasteiger partial charge in [0.2, 0.25) is 0 Å². The van der Waals surface area contributed by atoms with Gasteiger partial charge in [0.15, 0.2) is 11.6 Å². The molecular weight excluding hydrogens is 347 g/mol. The van der Waals surface area contributed by atoms with Gasteiger partial charge in [0.1, 0.15) is 16.8 Å². The summed E-state index contributed by atoms with van der Waals surface area (Å²) in [6.45, 7) is 0. The number of hydrogen-bond donors (Lipinski definition) is 3. The minimum Gasteiger partial charge on any atom is -0.382 e. The molecule has 0 atom stereocenters. The Morgan fingerprint density at radius 3 is 2.88 bits per heavy atom. The van der Waals surface area contributed by atoms with Crippen molar-refractivity contribution in [2.45, 2.75) is 18.9 Å². The fourth-order valence-electron chi connectivity index (χ4n) is 2.68. The van der Waals surface area contributed by atoms with Gasteiger partial charge in [0, 0.05) is 11.6 Å². The first kappa shape index (κ1) is 15.5. The molecule has 1 saturated carbocycles. The standard InChI is InChI=1S/C16H12ClFN6O/c17-12-7(1-4-9-11(16(20)25)15(19)23-22-9)5-10-14(13(12)18)24(6-21-10)8-2-3-8/h5-6,8H,2-3H2,(H2,20,25)(H3,19,22,23). The molecule has 0 saturated heterocycles. The van der Waals surface area contributed by atoms with Gasteiger partial charge in [0.05, 0.1) is 16.9 Å². The zero-order valence-corrected chi connectivity index (χ0v) is 13.6. The number of fused-ring (bicyclic) bond motifs is 1. The summed E-state index contributed by atoms with van der Waals surface area (Å²) in [6, 6.07) is 1.88. The summed E-state index contributed by atoms with van der Waals surface area (Å²) in [5.74, 6) is 4.02. The molecule has 2 heterocycles. The van der Waals surface area contributed by atoms with Crippen LogP contribution >= 0.6 is 11.6 Å². The molecule has 1 fully saturated rings. The molecule has 25 heavy (non-hydrogen) atoms. The summed E-state index contributed by atoms with van der Waals surface area (Å²) >= 11 is 6.14. The van der Waals surface area contributed by atoms with Crippen LogP contribution in [0.3, 0.4) is 0 Å². The number of anilines is 1. The molecular formula is C16H12ClFN6O. The van der Waals surface area contributed by atoms with Crippen molar-refractivity contribution in [3.05, 3.63) is 40.1 Å². The minimum absolute atomic E-state index is 0.0109. The number of carbonyl (C=O) groups excluding carboxylic acids is 1. The third-order valence-electron chi connectivity index (χ3n) is 4.04. The van der Waals surface area contributed by atoms with Crippen LogP contribution in [0.4, 0.5) is 10.2 Å². The van der Waals surface area contributed by atoms with Crippen LogP contribution in [0.15, 0.2) is 12.4 Å². The lowest BCUT2D eigenvalue weighted by molar-refractivity contribution is 0.100. The second-order valence-electron chi connectivity index (χ2n) is 5.78. The van der Waals surface area contributed by atoms with Gasteiger partial charge >= 0.3 is 0 Å².